The van der Waals surface area contributed by atoms with Gasteiger partial charge < -0.3 is 10.0 Å². The summed E-state index contributed by atoms with van der Waals surface area (Å²) in [6.07, 6.45) is 3.00. The van der Waals surface area contributed by atoms with Crippen LogP contribution in [0.15, 0.2) is 48.7 Å². The number of carboxylic acid groups (broad SMARTS) is 1. The van der Waals surface area contributed by atoms with Gasteiger partial charge in [0.05, 0.1) is 11.0 Å². The summed E-state index contributed by atoms with van der Waals surface area (Å²) in [6, 6.07) is 13.3. The standard InChI is InChI=1S/C20H22N2O3/c1-15-7-8-17(14-21-15)18(23)22-11-9-20(10-12-22,19(24)25)13-16-5-3-2-4-6-16/h2-8,14H,9-13H2,1H3,(H,24,25). The number of aryl methyl sites for hydroxylation is 1. The van der Waals surface area contributed by atoms with E-state index in [4.69, 9.17) is 0 Å². The monoisotopic (exact) mass is 338 g/mol. The normalized spacial score (nSPS) is 16.4. The van der Waals surface area contributed by atoms with Crippen molar-refractivity contribution < 1.29 is 14.7 Å². The lowest BCUT2D eigenvalue weighted by molar-refractivity contribution is -0.151. The van der Waals surface area contributed by atoms with Crippen LogP contribution in [0.1, 0.15) is 34.5 Å². The van der Waals surface area contributed by atoms with E-state index in [9.17, 15) is 14.7 Å². The lowest BCUT2D eigenvalue weighted by Crippen LogP contribution is -2.47. The number of carbonyl (C=O) groups excluding carboxylic acids is 1. The topological polar surface area (TPSA) is 70.5 Å². The van der Waals surface area contributed by atoms with Gasteiger partial charge in [0.25, 0.3) is 5.91 Å². The molecule has 0 bridgehead atoms. The van der Waals surface area contributed by atoms with Crippen LogP contribution in [0.5, 0.6) is 0 Å². The first-order valence-electron chi connectivity index (χ1n) is 8.49. The van der Waals surface area contributed by atoms with Crippen molar-refractivity contribution in [2.45, 2.75) is 26.2 Å². The third-order valence-electron chi connectivity index (χ3n) is 5.01. The van der Waals surface area contributed by atoms with Crippen LogP contribution in [-0.4, -0.2) is 40.0 Å². The highest BCUT2D eigenvalue weighted by Gasteiger charge is 2.42. The van der Waals surface area contributed by atoms with Gasteiger partial charge in [-0.25, -0.2) is 0 Å². The summed E-state index contributed by atoms with van der Waals surface area (Å²) in [5.41, 5.74) is 1.63. The smallest absolute Gasteiger partial charge is 0.310 e. The first-order valence-corrected chi connectivity index (χ1v) is 8.49. The minimum atomic E-state index is -0.802. The molecule has 0 aliphatic carbocycles. The number of pyridine rings is 1. The number of aromatic nitrogens is 1. The molecule has 1 saturated heterocycles. The lowest BCUT2D eigenvalue weighted by Gasteiger charge is -2.39. The van der Waals surface area contributed by atoms with Gasteiger partial charge in [-0.3, -0.25) is 14.6 Å². The van der Waals surface area contributed by atoms with Gasteiger partial charge in [-0.15, -0.1) is 0 Å². The van der Waals surface area contributed by atoms with E-state index in [0.717, 1.165) is 11.3 Å². The number of amides is 1. The van der Waals surface area contributed by atoms with Gasteiger partial charge in [0, 0.05) is 25.0 Å². The number of benzene rings is 1. The second-order valence-electron chi connectivity index (χ2n) is 6.73. The van der Waals surface area contributed by atoms with E-state index < -0.39 is 11.4 Å². The lowest BCUT2D eigenvalue weighted by atomic mass is 9.73. The molecule has 1 aromatic heterocycles. The van der Waals surface area contributed by atoms with Crippen molar-refractivity contribution in [2.24, 2.45) is 5.41 Å². The summed E-state index contributed by atoms with van der Waals surface area (Å²) in [4.78, 5) is 30.4. The Labute approximate surface area is 147 Å². The fourth-order valence-electron chi connectivity index (χ4n) is 3.37. The summed E-state index contributed by atoms with van der Waals surface area (Å²) in [5, 5.41) is 9.81. The molecule has 0 saturated carbocycles. The highest BCUT2D eigenvalue weighted by Crippen LogP contribution is 2.36. The summed E-state index contributed by atoms with van der Waals surface area (Å²) < 4.78 is 0. The molecule has 0 unspecified atom stereocenters. The highest BCUT2D eigenvalue weighted by atomic mass is 16.4. The number of nitrogens with zero attached hydrogens (tertiary/aromatic N) is 2. The Morgan fingerprint density at radius 1 is 1.12 bits per heavy atom. The number of carbonyl (C=O) groups is 2. The van der Waals surface area contributed by atoms with E-state index in [1.165, 1.54) is 0 Å². The molecule has 2 aromatic rings. The van der Waals surface area contributed by atoms with Gasteiger partial charge in [-0.1, -0.05) is 30.3 Å². The molecule has 2 heterocycles. The molecule has 1 fully saturated rings. The van der Waals surface area contributed by atoms with Crippen LogP contribution in [0.2, 0.25) is 0 Å². The van der Waals surface area contributed by atoms with Crippen molar-refractivity contribution >= 4 is 11.9 Å². The predicted octanol–water partition coefficient (Wildman–Crippen LogP) is 2.94. The van der Waals surface area contributed by atoms with Crippen LogP contribution < -0.4 is 0 Å². The van der Waals surface area contributed by atoms with Crippen molar-refractivity contribution in [3.05, 3.63) is 65.5 Å². The maximum atomic E-state index is 12.6. The Kier molecular flexibility index (Phi) is 4.83. The molecule has 1 aromatic carbocycles. The largest absolute Gasteiger partial charge is 0.481 e. The Bertz CT molecular complexity index is 748. The van der Waals surface area contributed by atoms with Gasteiger partial charge in [-0.05, 0) is 43.9 Å². The minimum Gasteiger partial charge on any atom is -0.481 e. The van der Waals surface area contributed by atoms with Crippen LogP contribution in [0.3, 0.4) is 0 Å². The molecule has 0 radical (unpaired) electrons. The zero-order valence-corrected chi connectivity index (χ0v) is 14.3. The molecule has 0 spiro atoms. The van der Waals surface area contributed by atoms with E-state index in [2.05, 4.69) is 4.98 Å². The zero-order valence-electron chi connectivity index (χ0n) is 14.3. The fourth-order valence-corrected chi connectivity index (χ4v) is 3.37. The highest BCUT2D eigenvalue weighted by molar-refractivity contribution is 5.94. The van der Waals surface area contributed by atoms with Crippen molar-refractivity contribution in [3.63, 3.8) is 0 Å². The van der Waals surface area contributed by atoms with Crippen molar-refractivity contribution in [2.75, 3.05) is 13.1 Å². The number of carboxylic acids is 1. The molecule has 5 heteroatoms. The number of likely N-dealkylation sites (tertiary alicyclic amines) is 1. The van der Waals surface area contributed by atoms with E-state index in [0.29, 0.717) is 37.9 Å². The molecule has 25 heavy (non-hydrogen) atoms. The first-order chi connectivity index (χ1) is 12.0. The average Bonchev–Trinajstić information content (AvgIpc) is 2.63. The molecule has 0 atom stereocenters. The SMILES string of the molecule is Cc1ccc(C(=O)N2CCC(Cc3ccccc3)(C(=O)O)CC2)cn1. The predicted molar refractivity (Wildman–Crippen MR) is 94.3 cm³/mol. The Morgan fingerprint density at radius 3 is 2.36 bits per heavy atom. The number of hydrogen-bond donors (Lipinski definition) is 1. The summed E-state index contributed by atoms with van der Waals surface area (Å²) >= 11 is 0. The van der Waals surface area contributed by atoms with Gasteiger partial charge in [-0.2, -0.15) is 0 Å². The van der Waals surface area contributed by atoms with Crippen molar-refractivity contribution in [3.8, 4) is 0 Å². The molecule has 130 valence electrons. The van der Waals surface area contributed by atoms with Crippen LogP contribution in [0.25, 0.3) is 0 Å². The van der Waals surface area contributed by atoms with Crippen LogP contribution in [0, 0.1) is 12.3 Å². The Balaban J connectivity index is 1.70. The number of aliphatic carboxylic acids is 1. The van der Waals surface area contributed by atoms with Crippen LogP contribution in [-0.2, 0) is 11.2 Å². The van der Waals surface area contributed by atoms with Crippen LogP contribution in [0.4, 0.5) is 0 Å². The number of piperidine rings is 1. The Morgan fingerprint density at radius 2 is 1.80 bits per heavy atom. The first kappa shape index (κ1) is 17.1. The summed E-state index contributed by atoms with van der Waals surface area (Å²) in [7, 11) is 0. The molecule has 3 rings (SSSR count). The van der Waals surface area contributed by atoms with E-state index in [-0.39, 0.29) is 5.91 Å². The minimum absolute atomic E-state index is 0.0776. The van der Waals surface area contributed by atoms with E-state index in [1.807, 2.05) is 43.3 Å². The third kappa shape index (κ3) is 3.71. The molecule has 1 aliphatic heterocycles. The molecule has 1 amide bonds. The number of hydrogen-bond acceptors (Lipinski definition) is 3. The van der Waals surface area contributed by atoms with Gasteiger partial charge in [0.2, 0.25) is 0 Å². The second-order valence-corrected chi connectivity index (χ2v) is 6.73. The fraction of sp³-hybridized carbons (Fsp3) is 0.350. The second kappa shape index (κ2) is 7.05. The Hall–Kier alpha value is -2.69. The molecule has 1 N–H and O–H groups in total. The molecule has 5 nitrogen and oxygen atoms in total. The maximum Gasteiger partial charge on any atom is 0.310 e. The van der Waals surface area contributed by atoms with E-state index in [1.54, 1.807) is 17.2 Å². The molecular formula is C20H22N2O3. The average molecular weight is 338 g/mol. The summed E-state index contributed by atoms with van der Waals surface area (Å²) in [6.45, 7) is 2.78. The molecule has 1 aliphatic rings. The van der Waals surface area contributed by atoms with Gasteiger partial charge in [0.15, 0.2) is 0 Å². The van der Waals surface area contributed by atoms with E-state index >= 15 is 0 Å². The molecular weight excluding hydrogens is 316 g/mol. The van der Waals surface area contributed by atoms with Crippen molar-refractivity contribution in [1.29, 1.82) is 0 Å². The van der Waals surface area contributed by atoms with Gasteiger partial charge >= 0.3 is 5.97 Å². The summed E-state index contributed by atoms with van der Waals surface area (Å²) in [5.74, 6) is -0.855. The van der Waals surface area contributed by atoms with Crippen LogP contribution >= 0.6 is 0 Å². The van der Waals surface area contributed by atoms with Gasteiger partial charge in [0.1, 0.15) is 0 Å². The quantitative estimate of drug-likeness (QED) is 0.930. The third-order valence-corrected chi connectivity index (χ3v) is 5.01. The number of rotatable bonds is 4. The van der Waals surface area contributed by atoms with Crippen molar-refractivity contribution in [1.82, 2.24) is 9.88 Å². The maximum absolute atomic E-state index is 12.6. The zero-order chi connectivity index (χ0) is 17.9.